The highest BCUT2D eigenvalue weighted by atomic mass is 19.1. The zero-order valence-electron chi connectivity index (χ0n) is 8.55. The minimum absolute atomic E-state index is 0.0702. The molecule has 1 fully saturated rings. The summed E-state index contributed by atoms with van der Waals surface area (Å²) in [5.74, 6) is 0.564. The molecule has 1 spiro atoms. The van der Waals surface area contributed by atoms with Crippen LogP contribution in [0.2, 0.25) is 0 Å². The summed E-state index contributed by atoms with van der Waals surface area (Å²) in [6, 6.07) is 4.65. The molecule has 1 aromatic rings. The number of fused-ring (bicyclic) bond motifs is 1. The van der Waals surface area contributed by atoms with Crippen molar-refractivity contribution in [2.24, 2.45) is 0 Å². The van der Waals surface area contributed by atoms with Gasteiger partial charge in [-0.2, -0.15) is 0 Å². The summed E-state index contributed by atoms with van der Waals surface area (Å²) in [7, 11) is 0. The minimum Gasteiger partial charge on any atom is -0.489 e. The van der Waals surface area contributed by atoms with Gasteiger partial charge in [0.1, 0.15) is 18.2 Å². The second-order valence-corrected chi connectivity index (χ2v) is 4.54. The molecule has 2 aliphatic rings. The third-order valence-electron chi connectivity index (χ3n) is 3.41. The Morgan fingerprint density at radius 3 is 2.87 bits per heavy atom. The van der Waals surface area contributed by atoms with Gasteiger partial charge in [-0.3, -0.25) is 0 Å². The Morgan fingerprint density at radius 1 is 1.27 bits per heavy atom. The lowest BCUT2D eigenvalue weighted by atomic mass is 9.96. The van der Waals surface area contributed by atoms with Gasteiger partial charge in [0.05, 0.1) is 11.2 Å². The van der Waals surface area contributed by atoms with Gasteiger partial charge in [-0.15, -0.1) is 0 Å². The quantitative estimate of drug-likeness (QED) is 0.706. The van der Waals surface area contributed by atoms with Gasteiger partial charge in [0.25, 0.3) is 0 Å². The standard InChI is InChI=1S/C12H14FNO/c13-9-3-4-11-10(7-9)14-12(8-15-11)5-1-2-6-12/h3-4,7,14H,1-2,5-6,8H2. The maximum Gasteiger partial charge on any atom is 0.142 e. The van der Waals surface area contributed by atoms with Crippen LogP contribution in [0.3, 0.4) is 0 Å². The SMILES string of the molecule is Fc1ccc2c(c1)NC1(CCCC1)CO2. The molecule has 3 heteroatoms. The minimum atomic E-state index is -0.208. The Balaban J connectivity index is 1.94. The Labute approximate surface area is 88.4 Å². The topological polar surface area (TPSA) is 21.3 Å². The van der Waals surface area contributed by atoms with Crippen molar-refractivity contribution in [1.29, 1.82) is 0 Å². The van der Waals surface area contributed by atoms with Crippen LogP contribution in [0.1, 0.15) is 25.7 Å². The van der Waals surface area contributed by atoms with Crippen molar-refractivity contribution in [2.45, 2.75) is 31.2 Å². The Hall–Kier alpha value is -1.25. The fourth-order valence-corrected chi connectivity index (χ4v) is 2.58. The third kappa shape index (κ3) is 1.46. The monoisotopic (exact) mass is 207 g/mol. The van der Waals surface area contributed by atoms with Crippen molar-refractivity contribution >= 4 is 5.69 Å². The lowest BCUT2D eigenvalue weighted by Gasteiger charge is -2.36. The van der Waals surface area contributed by atoms with E-state index in [0.29, 0.717) is 6.61 Å². The van der Waals surface area contributed by atoms with Crippen molar-refractivity contribution in [3.63, 3.8) is 0 Å². The summed E-state index contributed by atoms with van der Waals surface area (Å²) in [6.07, 6.45) is 4.73. The summed E-state index contributed by atoms with van der Waals surface area (Å²) < 4.78 is 18.8. The van der Waals surface area contributed by atoms with Crippen LogP contribution in [0.25, 0.3) is 0 Å². The number of rotatable bonds is 0. The van der Waals surface area contributed by atoms with Crippen molar-refractivity contribution in [3.8, 4) is 5.75 Å². The molecule has 15 heavy (non-hydrogen) atoms. The molecule has 1 heterocycles. The number of halogens is 1. The molecule has 0 unspecified atom stereocenters. The Kier molecular flexibility index (Phi) is 1.87. The maximum absolute atomic E-state index is 13.1. The summed E-state index contributed by atoms with van der Waals surface area (Å²) >= 11 is 0. The molecule has 0 bridgehead atoms. The van der Waals surface area contributed by atoms with Crippen molar-refractivity contribution in [1.82, 2.24) is 0 Å². The van der Waals surface area contributed by atoms with E-state index < -0.39 is 0 Å². The summed E-state index contributed by atoms with van der Waals surface area (Å²) in [6.45, 7) is 0.714. The number of benzene rings is 1. The predicted octanol–water partition coefficient (Wildman–Crippen LogP) is 2.94. The highest BCUT2D eigenvalue weighted by Crippen LogP contribution is 2.40. The summed E-state index contributed by atoms with van der Waals surface area (Å²) in [5.41, 5.74) is 0.879. The average molecular weight is 207 g/mol. The number of hydrogen-bond acceptors (Lipinski definition) is 2. The van der Waals surface area contributed by atoms with Crippen molar-refractivity contribution in [3.05, 3.63) is 24.0 Å². The van der Waals surface area contributed by atoms with Gasteiger partial charge >= 0.3 is 0 Å². The van der Waals surface area contributed by atoms with Crippen LogP contribution in [0.15, 0.2) is 18.2 Å². The van der Waals surface area contributed by atoms with Crippen LogP contribution in [-0.2, 0) is 0 Å². The van der Waals surface area contributed by atoms with E-state index in [1.807, 2.05) is 0 Å². The first-order valence-electron chi connectivity index (χ1n) is 5.48. The lowest BCUT2D eigenvalue weighted by Crippen LogP contribution is -2.44. The van der Waals surface area contributed by atoms with E-state index in [1.54, 1.807) is 6.07 Å². The Bertz CT molecular complexity index is 385. The van der Waals surface area contributed by atoms with Crippen molar-refractivity contribution in [2.75, 3.05) is 11.9 Å². The molecule has 1 aromatic carbocycles. The number of nitrogens with one attached hydrogen (secondary N) is 1. The highest BCUT2D eigenvalue weighted by Gasteiger charge is 2.37. The van der Waals surface area contributed by atoms with E-state index in [9.17, 15) is 4.39 Å². The first kappa shape index (κ1) is 9.01. The molecule has 1 aliphatic heterocycles. The Morgan fingerprint density at radius 2 is 2.07 bits per heavy atom. The number of hydrogen-bond donors (Lipinski definition) is 1. The first-order valence-corrected chi connectivity index (χ1v) is 5.48. The van der Waals surface area contributed by atoms with Crippen LogP contribution in [0, 0.1) is 5.82 Å². The van der Waals surface area contributed by atoms with Crippen LogP contribution in [0.5, 0.6) is 5.75 Å². The van der Waals surface area contributed by atoms with Gasteiger partial charge in [-0.25, -0.2) is 4.39 Å². The predicted molar refractivity (Wildman–Crippen MR) is 56.7 cm³/mol. The van der Waals surface area contributed by atoms with Gasteiger partial charge in [0.2, 0.25) is 0 Å². The molecule has 3 rings (SSSR count). The van der Waals surface area contributed by atoms with Crippen LogP contribution < -0.4 is 10.1 Å². The zero-order chi connectivity index (χ0) is 10.3. The molecular formula is C12H14FNO. The molecule has 1 N–H and O–H groups in total. The van der Waals surface area contributed by atoms with E-state index in [4.69, 9.17) is 4.74 Å². The van der Waals surface area contributed by atoms with E-state index in [2.05, 4.69) is 5.32 Å². The molecule has 0 aromatic heterocycles. The average Bonchev–Trinajstić information content (AvgIpc) is 2.66. The van der Waals surface area contributed by atoms with Crippen LogP contribution >= 0.6 is 0 Å². The molecule has 1 saturated carbocycles. The number of anilines is 1. The maximum atomic E-state index is 13.1. The van der Waals surface area contributed by atoms with Gasteiger partial charge in [-0.05, 0) is 25.0 Å². The number of ether oxygens (including phenoxy) is 1. The normalized spacial score (nSPS) is 21.9. The zero-order valence-corrected chi connectivity index (χ0v) is 8.55. The van der Waals surface area contributed by atoms with E-state index in [-0.39, 0.29) is 11.4 Å². The van der Waals surface area contributed by atoms with E-state index >= 15 is 0 Å². The van der Waals surface area contributed by atoms with Gasteiger partial charge in [0, 0.05) is 6.07 Å². The fourth-order valence-electron chi connectivity index (χ4n) is 2.58. The molecular weight excluding hydrogens is 193 g/mol. The molecule has 2 nitrogen and oxygen atoms in total. The molecule has 0 atom stereocenters. The summed E-state index contributed by atoms with van der Waals surface area (Å²) in [4.78, 5) is 0. The van der Waals surface area contributed by atoms with Gasteiger partial charge in [-0.1, -0.05) is 12.8 Å². The second kappa shape index (κ2) is 3.12. The van der Waals surface area contributed by atoms with Gasteiger partial charge < -0.3 is 10.1 Å². The van der Waals surface area contributed by atoms with Crippen molar-refractivity contribution < 1.29 is 9.13 Å². The van der Waals surface area contributed by atoms with Gasteiger partial charge in [0.15, 0.2) is 0 Å². The third-order valence-corrected chi connectivity index (χ3v) is 3.41. The van der Waals surface area contributed by atoms with Crippen LogP contribution in [-0.4, -0.2) is 12.1 Å². The van der Waals surface area contributed by atoms with E-state index in [1.165, 1.54) is 25.0 Å². The largest absolute Gasteiger partial charge is 0.489 e. The molecule has 0 saturated heterocycles. The molecule has 80 valence electrons. The lowest BCUT2D eigenvalue weighted by molar-refractivity contribution is 0.220. The second-order valence-electron chi connectivity index (χ2n) is 4.54. The molecule has 0 amide bonds. The first-order chi connectivity index (χ1) is 7.27. The van der Waals surface area contributed by atoms with Crippen LogP contribution in [0.4, 0.5) is 10.1 Å². The molecule has 1 aliphatic carbocycles. The highest BCUT2D eigenvalue weighted by molar-refractivity contribution is 5.60. The smallest absolute Gasteiger partial charge is 0.142 e. The fraction of sp³-hybridized carbons (Fsp3) is 0.500. The summed E-state index contributed by atoms with van der Waals surface area (Å²) in [5, 5.41) is 3.45. The molecule has 0 radical (unpaired) electrons. The van der Waals surface area contributed by atoms with E-state index in [0.717, 1.165) is 24.3 Å².